The van der Waals surface area contributed by atoms with Crippen LogP contribution in [0.2, 0.25) is 0 Å². The van der Waals surface area contributed by atoms with E-state index in [-0.39, 0.29) is 0 Å². The van der Waals surface area contributed by atoms with E-state index in [2.05, 4.69) is 18.4 Å². The van der Waals surface area contributed by atoms with Gasteiger partial charge in [-0.15, -0.1) is 0 Å². The van der Waals surface area contributed by atoms with Crippen molar-refractivity contribution in [3.05, 3.63) is 0 Å². The van der Waals surface area contributed by atoms with E-state index in [1.807, 2.05) is 0 Å². The third kappa shape index (κ3) is 6.62. The van der Waals surface area contributed by atoms with E-state index in [0.717, 1.165) is 19.0 Å². The molecule has 0 aliphatic rings. The predicted octanol–water partition coefficient (Wildman–Crippen LogP) is 0.447. The van der Waals surface area contributed by atoms with Crippen LogP contribution in [0.25, 0.3) is 0 Å². The lowest BCUT2D eigenvalue weighted by atomic mass is 9.96. The van der Waals surface area contributed by atoms with Crippen LogP contribution in [-0.2, 0) is 0 Å². The second kappa shape index (κ2) is 9.01. The summed E-state index contributed by atoms with van der Waals surface area (Å²) in [6.07, 6.45) is 8.13. The van der Waals surface area contributed by atoms with Gasteiger partial charge in [-0.2, -0.15) is 0 Å². The molecule has 1 atom stereocenters. The largest absolute Gasteiger partial charge is 0.358 e. The summed E-state index contributed by atoms with van der Waals surface area (Å²) in [6.45, 7) is 4.46. The summed E-state index contributed by atoms with van der Waals surface area (Å²) in [5.41, 5.74) is 7.87. The molecule has 2 nitrogen and oxygen atoms in total. The fourth-order valence-electron chi connectivity index (χ4n) is 1.55. The third-order valence-electron chi connectivity index (χ3n) is 2.49. The molecule has 0 aliphatic heterocycles. The lowest BCUT2D eigenvalue weighted by molar-refractivity contribution is -0.383. The van der Waals surface area contributed by atoms with Crippen LogP contribution in [0.4, 0.5) is 0 Å². The van der Waals surface area contributed by atoms with E-state index in [1.54, 1.807) is 0 Å². The molecule has 0 spiro atoms. The van der Waals surface area contributed by atoms with Crippen LogP contribution >= 0.6 is 0 Å². The van der Waals surface area contributed by atoms with Crippen LogP contribution in [0, 0.1) is 5.92 Å². The van der Waals surface area contributed by atoms with Crippen LogP contribution in [0.15, 0.2) is 0 Å². The lowest BCUT2D eigenvalue weighted by Crippen LogP contribution is -2.54. The summed E-state index contributed by atoms with van der Waals surface area (Å²) >= 11 is 0. The van der Waals surface area contributed by atoms with E-state index in [9.17, 15) is 0 Å². The standard InChI is InChI=1S/C10H24N2/c1-2-3-4-6-10(9-12)7-5-8-11/h10H,2-9,11-12H2,1H3/p+2. The average molecular weight is 174 g/mol. The summed E-state index contributed by atoms with van der Waals surface area (Å²) in [6, 6.07) is 0. The normalized spacial score (nSPS) is 13.2. The van der Waals surface area contributed by atoms with Gasteiger partial charge in [-0.05, 0) is 19.3 Å². The molecule has 6 N–H and O–H groups in total. The molecule has 0 aromatic heterocycles. The Morgan fingerprint density at radius 2 is 1.67 bits per heavy atom. The van der Waals surface area contributed by atoms with Crippen molar-refractivity contribution >= 4 is 0 Å². The highest BCUT2D eigenvalue weighted by atomic mass is 14.6. The SMILES string of the molecule is CCCCCC(C[NH3+])CCC[NH3+]. The maximum absolute atomic E-state index is 4.00. The quantitative estimate of drug-likeness (QED) is 0.502. The zero-order valence-corrected chi connectivity index (χ0v) is 8.65. The van der Waals surface area contributed by atoms with Crippen LogP contribution in [0.1, 0.15) is 45.4 Å². The van der Waals surface area contributed by atoms with Gasteiger partial charge in [-0.1, -0.05) is 26.2 Å². The maximum atomic E-state index is 4.00. The molecule has 1 unspecified atom stereocenters. The third-order valence-corrected chi connectivity index (χ3v) is 2.49. The molecule has 0 aromatic carbocycles. The van der Waals surface area contributed by atoms with Crippen molar-refractivity contribution in [2.75, 3.05) is 13.1 Å². The van der Waals surface area contributed by atoms with Crippen molar-refractivity contribution in [3.63, 3.8) is 0 Å². The van der Waals surface area contributed by atoms with Gasteiger partial charge in [0.2, 0.25) is 0 Å². The van der Waals surface area contributed by atoms with Gasteiger partial charge < -0.3 is 11.5 Å². The Labute approximate surface area is 76.7 Å². The Kier molecular flexibility index (Phi) is 8.95. The van der Waals surface area contributed by atoms with Crippen LogP contribution in [0.3, 0.4) is 0 Å². The van der Waals surface area contributed by atoms with Gasteiger partial charge in [0.05, 0.1) is 13.1 Å². The molecule has 0 aliphatic carbocycles. The smallest absolute Gasteiger partial charge is 0.0768 e. The molecule has 0 amide bonds. The number of rotatable bonds is 8. The highest BCUT2D eigenvalue weighted by molar-refractivity contribution is 4.57. The number of hydrogen-bond donors (Lipinski definition) is 2. The van der Waals surface area contributed by atoms with Crippen molar-refractivity contribution < 1.29 is 11.5 Å². The molecule has 2 heteroatoms. The Morgan fingerprint density at radius 3 is 2.17 bits per heavy atom. The molecule has 12 heavy (non-hydrogen) atoms. The molecular formula is C10H26N2+2. The molecule has 0 radical (unpaired) electrons. The Bertz CT molecular complexity index is 83.9. The summed E-state index contributed by atoms with van der Waals surface area (Å²) in [5, 5.41) is 0. The zero-order valence-electron chi connectivity index (χ0n) is 8.65. The molecule has 74 valence electrons. The van der Waals surface area contributed by atoms with Gasteiger partial charge in [-0.25, -0.2) is 0 Å². The van der Waals surface area contributed by atoms with Gasteiger partial charge in [0, 0.05) is 5.92 Å². The first kappa shape index (κ1) is 11.9. The average Bonchev–Trinajstić information content (AvgIpc) is 2.11. The molecule has 0 aromatic rings. The van der Waals surface area contributed by atoms with Crippen molar-refractivity contribution in [2.24, 2.45) is 5.92 Å². The first-order chi connectivity index (χ1) is 5.85. The van der Waals surface area contributed by atoms with E-state index in [0.29, 0.717) is 0 Å². The minimum atomic E-state index is 0.873. The molecule has 0 saturated carbocycles. The number of unbranched alkanes of at least 4 members (excludes halogenated alkanes) is 2. The molecule has 0 heterocycles. The Hall–Kier alpha value is -0.0800. The highest BCUT2D eigenvalue weighted by Gasteiger charge is 2.07. The second-order valence-corrected chi connectivity index (χ2v) is 3.65. The summed E-state index contributed by atoms with van der Waals surface area (Å²) in [7, 11) is 0. The molecule has 0 fully saturated rings. The molecule has 0 bridgehead atoms. The zero-order chi connectivity index (χ0) is 9.23. The van der Waals surface area contributed by atoms with Crippen molar-refractivity contribution in [1.82, 2.24) is 0 Å². The van der Waals surface area contributed by atoms with Crippen LogP contribution < -0.4 is 11.5 Å². The van der Waals surface area contributed by atoms with Crippen LogP contribution in [-0.4, -0.2) is 13.1 Å². The number of quaternary nitrogens is 2. The molecular weight excluding hydrogens is 148 g/mol. The van der Waals surface area contributed by atoms with Gasteiger partial charge >= 0.3 is 0 Å². The predicted molar refractivity (Wildman–Crippen MR) is 52.4 cm³/mol. The Balaban J connectivity index is 3.26. The van der Waals surface area contributed by atoms with Crippen LogP contribution in [0.5, 0.6) is 0 Å². The van der Waals surface area contributed by atoms with Crippen molar-refractivity contribution in [3.8, 4) is 0 Å². The highest BCUT2D eigenvalue weighted by Crippen LogP contribution is 2.13. The second-order valence-electron chi connectivity index (χ2n) is 3.65. The van der Waals surface area contributed by atoms with E-state index < -0.39 is 0 Å². The van der Waals surface area contributed by atoms with E-state index in [4.69, 9.17) is 0 Å². The topological polar surface area (TPSA) is 55.3 Å². The Morgan fingerprint density at radius 1 is 1.00 bits per heavy atom. The molecule has 0 rings (SSSR count). The number of hydrogen-bond acceptors (Lipinski definition) is 0. The monoisotopic (exact) mass is 174 g/mol. The van der Waals surface area contributed by atoms with Gasteiger partial charge in [0.15, 0.2) is 0 Å². The van der Waals surface area contributed by atoms with Gasteiger partial charge in [0.1, 0.15) is 0 Å². The first-order valence-corrected chi connectivity index (χ1v) is 5.43. The molecule has 0 saturated heterocycles. The minimum absolute atomic E-state index is 0.873. The van der Waals surface area contributed by atoms with Crippen molar-refractivity contribution in [2.45, 2.75) is 45.4 Å². The minimum Gasteiger partial charge on any atom is -0.358 e. The van der Waals surface area contributed by atoms with Crippen molar-refractivity contribution in [1.29, 1.82) is 0 Å². The van der Waals surface area contributed by atoms with E-state index >= 15 is 0 Å². The van der Waals surface area contributed by atoms with Gasteiger partial charge in [0.25, 0.3) is 0 Å². The van der Waals surface area contributed by atoms with Gasteiger partial charge in [-0.3, -0.25) is 0 Å². The summed E-state index contributed by atoms with van der Waals surface area (Å²) in [4.78, 5) is 0. The fourth-order valence-corrected chi connectivity index (χ4v) is 1.55. The maximum Gasteiger partial charge on any atom is 0.0768 e. The summed E-state index contributed by atoms with van der Waals surface area (Å²) < 4.78 is 0. The van der Waals surface area contributed by atoms with E-state index in [1.165, 1.54) is 38.5 Å². The fraction of sp³-hybridized carbons (Fsp3) is 1.00. The lowest BCUT2D eigenvalue weighted by Gasteiger charge is -2.10. The summed E-state index contributed by atoms with van der Waals surface area (Å²) in [5.74, 6) is 0.873. The first-order valence-electron chi connectivity index (χ1n) is 5.43.